The van der Waals surface area contributed by atoms with Crippen molar-refractivity contribution in [2.75, 3.05) is 25.2 Å². The Kier molecular flexibility index (Phi) is 4.78. The predicted molar refractivity (Wildman–Crippen MR) is 96.8 cm³/mol. The van der Waals surface area contributed by atoms with Crippen molar-refractivity contribution < 1.29 is 14.3 Å². The Labute approximate surface area is 154 Å². The van der Waals surface area contributed by atoms with Gasteiger partial charge in [-0.25, -0.2) is 4.98 Å². The number of hydrogen-bond acceptors (Lipinski definition) is 6. The quantitative estimate of drug-likeness (QED) is 0.876. The van der Waals surface area contributed by atoms with Crippen LogP contribution in [0.5, 0.6) is 11.5 Å². The van der Waals surface area contributed by atoms with E-state index in [4.69, 9.17) is 21.1 Å². The molecule has 132 valence electrons. The summed E-state index contributed by atoms with van der Waals surface area (Å²) in [5.74, 6) is 0.706. The molecule has 0 atom stereocenters. The lowest BCUT2D eigenvalue weighted by Gasteiger charge is -2.25. The van der Waals surface area contributed by atoms with Gasteiger partial charge in [0.25, 0.3) is 5.91 Å². The Hall–Kier alpha value is -1.83. The van der Waals surface area contributed by atoms with Gasteiger partial charge < -0.3 is 9.47 Å². The fourth-order valence-electron chi connectivity index (χ4n) is 3.05. The number of anilines is 1. The highest BCUT2D eigenvalue weighted by molar-refractivity contribution is 7.14. The molecule has 6 nitrogen and oxygen atoms in total. The zero-order chi connectivity index (χ0) is 17.2. The third-order valence-electron chi connectivity index (χ3n) is 4.30. The van der Waals surface area contributed by atoms with E-state index in [9.17, 15) is 4.79 Å². The molecule has 0 aliphatic carbocycles. The normalized spacial score (nSPS) is 16.8. The SMILES string of the molecule is O=C(Nc1nc(CN2CCCCC2)cs1)c1cc(Cl)c2c(c1)OCO2. The summed E-state index contributed by atoms with van der Waals surface area (Å²) in [7, 11) is 0. The van der Waals surface area contributed by atoms with Crippen LogP contribution in [0.1, 0.15) is 35.3 Å². The number of carbonyl (C=O) groups is 1. The van der Waals surface area contributed by atoms with Crippen molar-refractivity contribution in [1.82, 2.24) is 9.88 Å². The number of carbonyl (C=O) groups excluding carboxylic acids is 1. The molecule has 2 aliphatic rings. The summed E-state index contributed by atoms with van der Waals surface area (Å²) in [5.41, 5.74) is 1.41. The van der Waals surface area contributed by atoms with Gasteiger partial charge in [0.15, 0.2) is 16.6 Å². The predicted octanol–water partition coefficient (Wildman–Crippen LogP) is 3.76. The van der Waals surface area contributed by atoms with Crippen molar-refractivity contribution in [1.29, 1.82) is 0 Å². The first-order chi connectivity index (χ1) is 12.2. The highest BCUT2D eigenvalue weighted by Gasteiger charge is 2.21. The monoisotopic (exact) mass is 379 g/mol. The Morgan fingerprint density at radius 2 is 2.12 bits per heavy atom. The third kappa shape index (κ3) is 3.73. The molecule has 1 fully saturated rings. The van der Waals surface area contributed by atoms with E-state index >= 15 is 0 Å². The maximum atomic E-state index is 12.5. The van der Waals surface area contributed by atoms with Gasteiger partial charge in [-0.15, -0.1) is 11.3 Å². The van der Waals surface area contributed by atoms with Crippen LogP contribution < -0.4 is 14.8 Å². The molecule has 2 aromatic rings. The summed E-state index contributed by atoms with van der Waals surface area (Å²) in [6.07, 6.45) is 3.81. The van der Waals surface area contributed by atoms with Crippen LogP contribution in [0.2, 0.25) is 5.02 Å². The lowest BCUT2D eigenvalue weighted by atomic mass is 10.1. The maximum absolute atomic E-state index is 12.5. The number of thiazole rings is 1. The molecule has 2 aliphatic heterocycles. The molecule has 1 aromatic heterocycles. The molecule has 0 unspecified atom stereocenters. The van der Waals surface area contributed by atoms with Crippen LogP contribution in [-0.2, 0) is 6.54 Å². The minimum absolute atomic E-state index is 0.118. The molecule has 8 heteroatoms. The number of ether oxygens (including phenoxy) is 2. The summed E-state index contributed by atoms with van der Waals surface area (Å²) in [5, 5.41) is 5.78. The zero-order valence-electron chi connectivity index (χ0n) is 13.6. The molecule has 0 radical (unpaired) electrons. The minimum Gasteiger partial charge on any atom is -0.454 e. The van der Waals surface area contributed by atoms with E-state index in [0.29, 0.717) is 27.2 Å². The maximum Gasteiger partial charge on any atom is 0.257 e. The van der Waals surface area contributed by atoms with Gasteiger partial charge >= 0.3 is 0 Å². The summed E-state index contributed by atoms with van der Waals surface area (Å²) >= 11 is 7.56. The molecule has 25 heavy (non-hydrogen) atoms. The van der Waals surface area contributed by atoms with Crippen molar-refractivity contribution in [3.8, 4) is 11.5 Å². The second kappa shape index (κ2) is 7.19. The smallest absolute Gasteiger partial charge is 0.257 e. The van der Waals surface area contributed by atoms with E-state index in [1.54, 1.807) is 12.1 Å². The highest BCUT2D eigenvalue weighted by atomic mass is 35.5. The number of likely N-dealkylation sites (tertiary alicyclic amines) is 1. The summed E-state index contributed by atoms with van der Waals surface area (Å²) in [6.45, 7) is 3.19. The van der Waals surface area contributed by atoms with Gasteiger partial charge in [-0.05, 0) is 38.1 Å². The fourth-order valence-corrected chi connectivity index (χ4v) is 4.01. The Morgan fingerprint density at radius 1 is 1.28 bits per heavy atom. The van der Waals surface area contributed by atoms with E-state index in [2.05, 4.69) is 15.2 Å². The van der Waals surface area contributed by atoms with Crippen molar-refractivity contribution in [2.45, 2.75) is 25.8 Å². The largest absolute Gasteiger partial charge is 0.454 e. The van der Waals surface area contributed by atoms with Crippen molar-refractivity contribution in [3.05, 3.63) is 33.8 Å². The van der Waals surface area contributed by atoms with Gasteiger partial charge in [0, 0.05) is 17.5 Å². The molecule has 1 saturated heterocycles. The molecule has 1 aromatic carbocycles. The van der Waals surface area contributed by atoms with Crippen LogP contribution in [0.15, 0.2) is 17.5 Å². The van der Waals surface area contributed by atoms with Crippen LogP contribution in [0.3, 0.4) is 0 Å². The van der Waals surface area contributed by atoms with E-state index in [-0.39, 0.29) is 12.7 Å². The summed E-state index contributed by atoms with van der Waals surface area (Å²) < 4.78 is 10.6. The first-order valence-corrected chi connectivity index (χ1v) is 9.52. The standard InChI is InChI=1S/C17H18ClN3O3S/c18-13-6-11(7-14-15(13)24-10-23-14)16(22)20-17-19-12(9-25-17)8-21-4-2-1-3-5-21/h6-7,9H,1-5,8,10H2,(H,19,20,22). The average molecular weight is 380 g/mol. The average Bonchev–Trinajstić information content (AvgIpc) is 3.25. The van der Waals surface area contributed by atoms with Gasteiger partial charge in [-0.1, -0.05) is 18.0 Å². The van der Waals surface area contributed by atoms with Gasteiger partial charge in [0.1, 0.15) is 0 Å². The van der Waals surface area contributed by atoms with E-state index in [1.165, 1.54) is 30.6 Å². The number of piperidine rings is 1. The summed E-state index contributed by atoms with van der Waals surface area (Å²) in [4.78, 5) is 19.4. The topological polar surface area (TPSA) is 63.7 Å². The highest BCUT2D eigenvalue weighted by Crippen LogP contribution is 2.39. The number of aromatic nitrogens is 1. The Morgan fingerprint density at radius 3 is 2.96 bits per heavy atom. The van der Waals surface area contributed by atoms with Crippen LogP contribution in [-0.4, -0.2) is 35.7 Å². The van der Waals surface area contributed by atoms with E-state index in [1.807, 2.05) is 5.38 Å². The van der Waals surface area contributed by atoms with Crippen LogP contribution in [0.25, 0.3) is 0 Å². The van der Waals surface area contributed by atoms with Crippen LogP contribution in [0, 0.1) is 0 Å². The van der Waals surface area contributed by atoms with Crippen LogP contribution in [0.4, 0.5) is 5.13 Å². The number of nitrogens with one attached hydrogen (secondary N) is 1. The van der Waals surface area contributed by atoms with Crippen LogP contribution >= 0.6 is 22.9 Å². The van der Waals surface area contributed by atoms with E-state index in [0.717, 1.165) is 25.3 Å². The molecule has 0 bridgehead atoms. The molecule has 3 heterocycles. The second-order valence-corrected chi connectivity index (χ2v) is 7.39. The number of rotatable bonds is 4. The lowest BCUT2D eigenvalue weighted by molar-refractivity contribution is 0.102. The number of benzene rings is 1. The molecular formula is C17H18ClN3O3S. The molecule has 0 spiro atoms. The Bertz CT molecular complexity index is 789. The second-order valence-electron chi connectivity index (χ2n) is 6.13. The number of halogens is 1. The van der Waals surface area contributed by atoms with Gasteiger partial charge in [0.05, 0.1) is 10.7 Å². The fraction of sp³-hybridized carbons (Fsp3) is 0.412. The third-order valence-corrected chi connectivity index (χ3v) is 5.38. The minimum atomic E-state index is -0.265. The molecule has 0 saturated carbocycles. The first kappa shape index (κ1) is 16.6. The van der Waals surface area contributed by atoms with Gasteiger partial charge in [-0.2, -0.15) is 0 Å². The molecular weight excluding hydrogens is 362 g/mol. The Balaban J connectivity index is 1.42. The molecule has 4 rings (SSSR count). The molecule has 1 amide bonds. The number of fused-ring (bicyclic) bond motifs is 1. The number of amides is 1. The zero-order valence-corrected chi connectivity index (χ0v) is 15.2. The van der Waals surface area contributed by atoms with Crippen molar-refractivity contribution >= 4 is 34.0 Å². The van der Waals surface area contributed by atoms with E-state index < -0.39 is 0 Å². The molecule has 1 N–H and O–H groups in total. The number of nitrogens with zero attached hydrogens (tertiary/aromatic N) is 2. The first-order valence-electron chi connectivity index (χ1n) is 8.26. The summed E-state index contributed by atoms with van der Waals surface area (Å²) in [6, 6.07) is 3.21. The van der Waals surface area contributed by atoms with Crippen molar-refractivity contribution in [2.24, 2.45) is 0 Å². The number of hydrogen-bond donors (Lipinski definition) is 1. The van der Waals surface area contributed by atoms with Gasteiger partial charge in [0.2, 0.25) is 6.79 Å². The lowest BCUT2D eigenvalue weighted by Crippen LogP contribution is -2.29. The van der Waals surface area contributed by atoms with Crippen molar-refractivity contribution in [3.63, 3.8) is 0 Å². The van der Waals surface area contributed by atoms with Gasteiger partial charge in [-0.3, -0.25) is 15.0 Å².